The zero-order chi connectivity index (χ0) is 20.4. The van der Waals surface area contributed by atoms with E-state index in [4.69, 9.17) is 11.2 Å². The number of amides is 3. The van der Waals surface area contributed by atoms with Gasteiger partial charge in [-0.15, -0.1) is 6.42 Å². The summed E-state index contributed by atoms with van der Waals surface area (Å²) in [5.74, 6) is 1.92. The van der Waals surface area contributed by atoms with Crippen molar-refractivity contribution in [3.8, 4) is 12.3 Å². The molecule has 0 atom stereocenters. The minimum absolute atomic E-state index is 0.248. The first-order valence-electron chi connectivity index (χ1n) is 9.20. The number of nitrogens with zero attached hydrogens (tertiary/aromatic N) is 3. The van der Waals surface area contributed by atoms with Crippen molar-refractivity contribution in [2.45, 2.75) is 6.54 Å². The second-order valence-electron chi connectivity index (χ2n) is 6.69. The molecular weight excluding hydrogens is 390 g/mol. The fourth-order valence-corrected chi connectivity index (χ4v) is 4.27. The van der Waals surface area contributed by atoms with Crippen molar-refractivity contribution in [3.05, 3.63) is 40.9 Å². The van der Waals surface area contributed by atoms with E-state index >= 15 is 0 Å². The van der Waals surface area contributed by atoms with Crippen LogP contribution in [0.15, 0.2) is 35.4 Å². The van der Waals surface area contributed by atoms with E-state index in [1.807, 2.05) is 35.0 Å². The summed E-state index contributed by atoms with van der Waals surface area (Å²) >= 11 is 0.850. The summed E-state index contributed by atoms with van der Waals surface area (Å²) in [5.41, 5.74) is 1.76. The molecule has 2 aliphatic rings. The van der Waals surface area contributed by atoms with Crippen molar-refractivity contribution < 1.29 is 19.1 Å². The molecule has 0 bridgehead atoms. The first kappa shape index (κ1) is 19.3. The molecule has 0 spiro atoms. The van der Waals surface area contributed by atoms with Gasteiger partial charge in [0, 0.05) is 35.8 Å². The predicted octanol–water partition coefficient (Wildman–Crippen LogP) is 2.17. The van der Waals surface area contributed by atoms with E-state index in [-0.39, 0.29) is 12.5 Å². The van der Waals surface area contributed by atoms with Gasteiger partial charge in [0.15, 0.2) is 0 Å². The number of imide groups is 1. The number of aromatic nitrogens is 1. The Balaban J connectivity index is 1.57. The van der Waals surface area contributed by atoms with Gasteiger partial charge in [0.25, 0.3) is 11.1 Å². The lowest BCUT2D eigenvalue weighted by atomic mass is 10.1. The molecule has 4 rings (SSSR count). The Kier molecular flexibility index (Phi) is 5.43. The predicted molar refractivity (Wildman–Crippen MR) is 111 cm³/mol. The minimum atomic E-state index is -0.449. The van der Waals surface area contributed by atoms with E-state index in [9.17, 15) is 14.4 Å². The SMILES string of the molecule is C#CCn1cc(/C=C2/SC(=O)N(CC(=O)N3CCOCC3)C2=O)c2ccccc21. The van der Waals surface area contributed by atoms with Crippen molar-refractivity contribution in [2.24, 2.45) is 0 Å². The molecular formula is C21H19N3O4S. The third kappa shape index (κ3) is 3.79. The smallest absolute Gasteiger partial charge is 0.294 e. The molecule has 0 saturated carbocycles. The van der Waals surface area contributed by atoms with E-state index in [2.05, 4.69) is 5.92 Å². The number of benzene rings is 1. The Morgan fingerprint density at radius 2 is 2.00 bits per heavy atom. The van der Waals surface area contributed by atoms with Gasteiger partial charge in [-0.2, -0.15) is 0 Å². The maximum atomic E-state index is 12.8. The highest BCUT2D eigenvalue weighted by molar-refractivity contribution is 8.18. The summed E-state index contributed by atoms with van der Waals surface area (Å²) in [4.78, 5) is 40.5. The molecule has 0 radical (unpaired) electrons. The second-order valence-corrected chi connectivity index (χ2v) is 7.69. The zero-order valence-electron chi connectivity index (χ0n) is 15.7. The van der Waals surface area contributed by atoms with E-state index in [1.54, 1.807) is 11.0 Å². The molecule has 0 aliphatic carbocycles. The summed E-state index contributed by atoms with van der Waals surface area (Å²) in [5, 5.41) is 0.508. The van der Waals surface area contributed by atoms with Gasteiger partial charge in [-0.25, -0.2) is 0 Å². The Morgan fingerprint density at radius 3 is 2.76 bits per heavy atom. The number of hydrogen-bond acceptors (Lipinski definition) is 5. The van der Waals surface area contributed by atoms with Crippen LogP contribution in [0.5, 0.6) is 0 Å². The van der Waals surface area contributed by atoms with Gasteiger partial charge in [0.05, 0.1) is 24.7 Å². The third-order valence-corrected chi connectivity index (χ3v) is 5.81. The van der Waals surface area contributed by atoms with E-state index in [0.29, 0.717) is 37.8 Å². The maximum Gasteiger partial charge on any atom is 0.294 e. The monoisotopic (exact) mass is 409 g/mol. The van der Waals surface area contributed by atoms with Crippen LogP contribution in [0, 0.1) is 12.3 Å². The molecule has 3 heterocycles. The standard InChI is InChI=1S/C21H19N3O4S/c1-2-7-23-13-15(16-5-3-4-6-17(16)23)12-18-20(26)24(21(27)29-18)14-19(25)22-8-10-28-11-9-22/h1,3-6,12-13H,7-11,14H2/b18-12+. The number of fused-ring (bicyclic) bond motifs is 1. The fraction of sp³-hybridized carbons (Fsp3) is 0.286. The number of carbonyl (C=O) groups excluding carboxylic acids is 3. The molecule has 8 heteroatoms. The first-order chi connectivity index (χ1) is 14.1. The highest BCUT2D eigenvalue weighted by Crippen LogP contribution is 2.34. The fourth-order valence-electron chi connectivity index (χ4n) is 3.44. The molecule has 2 fully saturated rings. The first-order valence-corrected chi connectivity index (χ1v) is 10.0. The van der Waals surface area contributed by atoms with Gasteiger partial charge in [-0.05, 0) is 23.9 Å². The van der Waals surface area contributed by atoms with Gasteiger partial charge in [0.1, 0.15) is 6.54 Å². The average Bonchev–Trinajstić information content (AvgIpc) is 3.21. The minimum Gasteiger partial charge on any atom is -0.378 e. The average molecular weight is 409 g/mol. The van der Waals surface area contributed by atoms with Crippen LogP contribution in [-0.4, -0.2) is 64.3 Å². The number of ether oxygens (including phenoxy) is 1. The van der Waals surface area contributed by atoms with Gasteiger partial charge in [-0.3, -0.25) is 19.3 Å². The summed E-state index contributed by atoms with van der Waals surface area (Å²) in [7, 11) is 0. The van der Waals surface area contributed by atoms with Crippen molar-refractivity contribution in [1.82, 2.24) is 14.4 Å². The molecule has 29 heavy (non-hydrogen) atoms. The second kappa shape index (κ2) is 8.15. The van der Waals surface area contributed by atoms with Crippen LogP contribution in [-0.2, 0) is 20.9 Å². The highest BCUT2D eigenvalue weighted by atomic mass is 32.2. The van der Waals surface area contributed by atoms with E-state index in [0.717, 1.165) is 33.1 Å². The molecule has 2 aliphatic heterocycles. The Hall–Kier alpha value is -3.02. The molecule has 2 saturated heterocycles. The molecule has 3 amide bonds. The number of para-hydroxylation sites is 1. The van der Waals surface area contributed by atoms with Crippen molar-refractivity contribution in [1.29, 1.82) is 0 Å². The number of rotatable bonds is 4. The zero-order valence-corrected chi connectivity index (χ0v) is 16.5. The summed E-state index contributed by atoms with van der Waals surface area (Å²) in [6.07, 6.45) is 9.02. The Morgan fingerprint density at radius 1 is 1.24 bits per heavy atom. The summed E-state index contributed by atoms with van der Waals surface area (Å²) in [6.45, 7) is 2.04. The van der Waals surface area contributed by atoms with Crippen LogP contribution in [0.3, 0.4) is 0 Å². The molecule has 148 valence electrons. The summed E-state index contributed by atoms with van der Waals surface area (Å²) in [6, 6.07) is 7.73. The van der Waals surface area contributed by atoms with E-state index < -0.39 is 11.1 Å². The van der Waals surface area contributed by atoms with Gasteiger partial charge < -0.3 is 14.2 Å². The Labute approximate surface area is 172 Å². The van der Waals surface area contributed by atoms with Gasteiger partial charge >= 0.3 is 0 Å². The molecule has 2 aromatic rings. The van der Waals surface area contributed by atoms with Crippen molar-refractivity contribution >= 4 is 45.8 Å². The topological polar surface area (TPSA) is 71.8 Å². The lowest BCUT2D eigenvalue weighted by molar-refractivity contribution is -0.139. The Bertz CT molecular complexity index is 1060. The largest absolute Gasteiger partial charge is 0.378 e. The molecule has 1 aromatic carbocycles. The van der Waals surface area contributed by atoms with Crippen LogP contribution in [0.2, 0.25) is 0 Å². The van der Waals surface area contributed by atoms with E-state index in [1.165, 1.54) is 0 Å². The number of thioether (sulfide) groups is 1. The third-order valence-electron chi connectivity index (χ3n) is 4.90. The van der Waals surface area contributed by atoms with Crippen LogP contribution < -0.4 is 0 Å². The molecule has 0 unspecified atom stereocenters. The van der Waals surface area contributed by atoms with Crippen molar-refractivity contribution in [3.63, 3.8) is 0 Å². The van der Waals surface area contributed by atoms with Gasteiger partial charge in [0.2, 0.25) is 5.91 Å². The maximum absolute atomic E-state index is 12.8. The molecule has 0 N–H and O–H groups in total. The molecule has 7 nitrogen and oxygen atoms in total. The lowest BCUT2D eigenvalue weighted by Crippen LogP contribution is -2.46. The lowest BCUT2D eigenvalue weighted by Gasteiger charge is -2.28. The van der Waals surface area contributed by atoms with Crippen LogP contribution in [0.25, 0.3) is 17.0 Å². The molecule has 1 aromatic heterocycles. The van der Waals surface area contributed by atoms with Crippen LogP contribution >= 0.6 is 11.8 Å². The number of morpholine rings is 1. The van der Waals surface area contributed by atoms with Crippen LogP contribution in [0.4, 0.5) is 4.79 Å². The van der Waals surface area contributed by atoms with Gasteiger partial charge in [-0.1, -0.05) is 24.1 Å². The van der Waals surface area contributed by atoms with Crippen LogP contribution in [0.1, 0.15) is 5.56 Å². The number of terminal acetylenes is 1. The quantitative estimate of drug-likeness (QED) is 0.572. The number of carbonyl (C=O) groups is 3. The summed E-state index contributed by atoms with van der Waals surface area (Å²) < 4.78 is 7.16. The van der Waals surface area contributed by atoms with Crippen molar-refractivity contribution in [2.75, 3.05) is 32.8 Å². The highest BCUT2D eigenvalue weighted by Gasteiger charge is 2.37. The normalized spacial score (nSPS) is 18.7. The number of hydrogen-bond donors (Lipinski definition) is 0.